The molecule has 172 valence electrons. The first-order valence-corrected chi connectivity index (χ1v) is 10.9. The minimum atomic E-state index is -1.14. The van der Waals surface area contributed by atoms with Crippen molar-refractivity contribution >= 4 is 36.3 Å². The molecule has 0 heterocycles. The number of nitrogens with one attached hydrogen (secondary N) is 3. The van der Waals surface area contributed by atoms with Gasteiger partial charge >= 0.3 is 5.97 Å². The molecule has 0 saturated heterocycles. The maximum atomic E-state index is 12.8. The summed E-state index contributed by atoms with van der Waals surface area (Å²) in [7, 11) is 0. The number of carbonyl (C=O) groups excluding carboxylic acids is 3. The minimum Gasteiger partial charge on any atom is -0.480 e. The fraction of sp³-hybridized carbons (Fsp3) is 0.545. The van der Waals surface area contributed by atoms with E-state index < -0.39 is 35.1 Å². The van der Waals surface area contributed by atoms with Crippen molar-refractivity contribution < 1.29 is 24.3 Å². The van der Waals surface area contributed by atoms with Gasteiger partial charge in [0.05, 0.1) is 5.25 Å². The smallest absolute Gasteiger partial charge is 0.326 e. The molecule has 4 N–H and O–H groups in total. The Morgan fingerprint density at radius 3 is 2.16 bits per heavy atom. The highest BCUT2D eigenvalue weighted by atomic mass is 32.1. The molecule has 0 saturated carbocycles. The van der Waals surface area contributed by atoms with Crippen molar-refractivity contribution in [1.29, 1.82) is 0 Å². The topological polar surface area (TPSA) is 125 Å². The van der Waals surface area contributed by atoms with E-state index in [-0.39, 0.29) is 18.2 Å². The second-order valence-electron chi connectivity index (χ2n) is 7.92. The van der Waals surface area contributed by atoms with Gasteiger partial charge in [0, 0.05) is 19.9 Å². The lowest BCUT2D eigenvalue weighted by molar-refractivity contribution is -0.142. The molecule has 0 radical (unpaired) electrons. The van der Waals surface area contributed by atoms with Gasteiger partial charge in [0.2, 0.25) is 17.7 Å². The lowest BCUT2D eigenvalue weighted by atomic mass is 10.0. The SMILES string of the molecule is CC(=O)NCCCC(S)C(=O)NC(CC(C)C)C(=O)N[C@@H](Cc1ccccc1)C(=O)O. The third-order valence-electron chi connectivity index (χ3n) is 4.57. The van der Waals surface area contributed by atoms with Gasteiger partial charge in [-0.05, 0) is 30.7 Å². The van der Waals surface area contributed by atoms with Gasteiger partial charge in [-0.1, -0.05) is 44.2 Å². The number of hydrogen-bond acceptors (Lipinski definition) is 5. The van der Waals surface area contributed by atoms with Crippen LogP contribution >= 0.6 is 12.6 Å². The van der Waals surface area contributed by atoms with Gasteiger partial charge in [0.15, 0.2) is 0 Å². The molecule has 3 amide bonds. The van der Waals surface area contributed by atoms with Crippen molar-refractivity contribution in [3.63, 3.8) is 0 Å². The van der Waals surface area contributed by atoms with E-state index in [1.165, 1.54) is 6.92 Å². The quantitative estimate of drug-likeness (QED) is 0.230. The molecule has 3 atom stereocenters. The van der Waals surface area contributed by atoms with E-state index in [2.05, 4.69) is 28.6 Å². The monoisotopic (exact) mass is 451 g/mol. The Labute approximate surface area is 189 Å². The van der Waals surface area contributed by atoms with Crippen molar-refractivity contribution in [3.8, 4) is 0 Å². The third-order valence-corrected chi connectivity index (χ3v) is 5.06. The lowest BCUT2D eigenvalue weighted by Gasteiger charge is -2.24. The Morgan fingerprint density at radius 2 is 1.61 bits per heavy atom. The van der Waals surface area contributed by atoms with Crippen molar-refractivity contribution in [2.24, 2.45) is 5.92 Å². The molecule has 1 rings (SSSR count). The fourth-order valence-electron chi connectivity index (χ4n) is 2.98. The maximum absolute atomic E-state index is 12.8. The van der Waals surface area contributed by atoms with E-state index in [1.54, 1.807) is 24.3 Å². The Balaban J connectivity index is 2.72. The molecule has 2 unspecified atom stereocenters. The zero-order chi connectivity index (χ0) is 23.4. The number of aliphatic carboxylic acids is 1. The van der Waals surface area contributed by atoms with Crippen LogP contribution in [0.1, 0.15) is 45.6 Å². The largest absolute Gasteiger partial charge is 0.480 e. The van der Waals surface area contributed by atoms with Crippen LogP contribution in [0.4, 0.5) is 0 Å². The summed E-state index contributed by atoms with van der Waals surface area (Å²) in [4.78, 5) is 47.9. The molecular formula is C22H33N3O5S. The molecular weight excluding hydrogens is 418 g/mol. The summed E-state index contributed by atoms with van der Waals surface area (Å²) in [5.74, 6) is -2.12. The van der Waals surface area contributed by atoms with Crippen LogP contribution in [0.5, 0.6) is 0 Å². The Bertz CT molecular complexity index is 742. The van der Waals surface area contributed by atoms with Crippen LogP contribution in [-0.2, 0) is 25.6 Å². The van der Waals surface area contributed by atoms with Crippen LogP contribution in [0.15, 0.2) is 30.3 Å². The molecule has 31 heavy (non-hydrogen) atoms. The highest BCUT2D eigenvalue weighted by Crippen LogP contribution is 2.10. The number of carboxylic acid groups (broad SMARTS) is 1. The number of carboxylic acids is 1. The van der Waals surface area contributed by atoms with Gasteiger partial charge in [-0.15, -0.1) is 0 Å². The van der Waals surface area contributed by atoms with Crippen molar-refractivity contribution in [1.82, 2.24) is 16.0 Å². The third kappa shape index (κ3) is 10.9. The molecule has 1 aromatic rings. The van der Waals surface area contributed by atoms with Gasteiger partial charge in [-0.2, -0.15) is 12.6 Å². The molecule has 0 fully saturated rings. The molecule has 0 spiro atoms. The number of rotatable bonds is 13. The second kappa shape index (κ2) is 13.7. The number of benzene rings is 1. The van der Waals surface area contributed by atoms with Crippen molar-refractivity contribution in [2.75, 3.05) is 6.54 Å². The van der Waals surface area contributed by atoms with Gasteiger partial charge in [-0.3, -0.25) is 14.4 Å². The van der Waals surface area contributed by atoms with Gasteiger partial charge in [0.25, 0.3) is 0 Å². The normalized spacial score (nSPS) is 13.7. The van der Waals surface area contributed by atoms with Crippen LogP contribution in [0.2, 0.25) is 0 Å². The summed E-state index contributed by atoms with van der Waals surface area (Å²) < 4.78 is 0. The molecule has 0 aliphatic heterocycles. The van der Waals surface area contributed by atoms with E-state index >= 15 is 0 Å². The van der Waals surface area contributed by atoms with E-state index in [9.17, 15) is 24.3 Å². The summed E-state index contributed by atoms with van der Waals surface area (Å²) in [5.41, 5.74) is 0.786. The Hall–Kier alpha value is -2.55. The average Bonchev–Trinajstić information content (AvgIpc) is 2.70. The maximum Gasteiger partial charge on any atom is 0.326 e. The molecule has 8 nitrogen and oxygen atoms in total. The summed E-state index contributed by atoms with van der Waals surface area (Å²) in [6.07, 6.45) is 1.50. The van der Waals surface area contributed by atoms with Gasteiger partial charge < -0.3 is 21.1 Å². The molecule has 0 bridgehead atoms. The average molecular weight is 452 g/mol. The summed E-state index contributed by atoms with van der Waals surface area (Å²) in [5, 5.41) is 16.8. The van der Waals surface area contributed by atoms with Crippen LogP contribution in [-0.4, -0.2) is 52.7 Å². The number of amides is 3. The summed E-state index contributed by atoms with van der Waals surface area (Å²) in [6, 6.07) is 7.05. The summed E-state index contributed by atoms with van der Waals surface area (Å²) in [6.45, 7) is 5.69. The highest BCUT2D eigenvalue weighted by Gasteiger charge is 2.28. The van der Waals surface area contributed by atoms with Crippen LogP contribution in [0.25, 0.3) is 0 Å². The highest BCUT2D eigenvalue weighted by molar-refractivity contribution is 7.81. The molecule has 1 aromatic carbocycles. The first kappa shape index (κ1) is 26.5. The molecule has 0 aromatic heterocycles. The van der Waals surface area contributed by atoms with Crippen LogP contribution in [0.3, 0.4) is 0 Å². The van der Waals surface area contributed by atoms with Crippen molar-refractivity contribution in [2.45, 2.75) is 63.8 Å². The van der Waals surface area contributed by atoms with Gasteiger partial charge in [0.1, 0.15) is 12.1 Å². The second-order valence-corrected chi connectivity index (χ2v) is 8.54. The van der Waals surface area contributed by atoms with Crippen LogP contribution in [0, 0.1) is 5.92 Å². The number of hydrogen-bond donors (Lipinski definition) is 5. The minimum absolute atomic E-state index is 0.103. The van der Waals surface area contributed by atoms with E-state index in [1.807, 2.05) is 19.9 Å². The molecule has 0 aliphatic carbocycles. The number of carbonyl (C=O) groups is 4. The zero-order valence-corrected chi connectivity index (χ0v) is 19.2. The Morgan fingerprint density at radius 1 is 1.00 bits per heavy atom. The molecule has 9 heteroatoms. The summed E-state index contributed by atoms with van der Waals surface area (Å²) >= 11 is 4.30. The predicted molar refractivity (Wildman–Crippen MR) is 122 cm³/mol. The van der Waals surface area contributed by atoms with E-state index in [4.69, 9.17) is 0 Å². The number of thiol groups is 1. The van der Waals surface area contributed by atoms with Gasteiger partial charge in [-0.25, -0.2) is 4.79 Å². The van der Waals surface area contributed by atoms with E-state index in [0.29, 0.717) is 25.8 Å². The standard InChI is InChI=1S/C22H33N3O5S/c1-14(2)12-17(24-21(28)19(31)10-7-11-23-15(3)26)20(27)25-18(22(29)30)13-16-8-5-4-6-9-16/h4-6,8-9,14,17-19,31H,7,10-13H2,1-3H3,(H,23,26)(H,24,28)(H,25,27)(H,29,30)/t17?,18-,19?/m0/s1. The Kier molecular flexibility index (Phi) is 11.7. The van der Waals surface area contributed by atoms with E-state index in [0.717, 1.165) is 5.56 Å². The molecule has 0 aliphatic rings. The fourth-order valence-corrected chi connectivity index (χ4v) is 3.24. The lowest BCUT2D eigenvalue weighted by Crippen LogP contribution is -2.53. The van der Waals surface area contributed by atoms with Crippen molar-refractivity contribution in [3.05, 3.63) is 35.9 Å². The first-order chi connectivity index (χ1) is 14.6. The first-order valence-electron chi connectivity index (χ1n) is 10.4. The zero-order valence-electron chi connectivity index (χ0n) is 18.3. The van der Waals surface area contributed by atoms with Crippen LogP contribution < -0.4 is 16.0 Å². The predicted octanol–water partition coefficient (Wildman–Crippen LogP) is 1.54.